The van der Waals surface area contributed by atoms with E-state index in [2.05, 4.69) is 20.9 Å². The number of benzene rings is 1. The normalized spacial score (nSPS) is 12.7. The Morgan fingerprint density at radius 1 is 1.47 bits per heavy atom. The Morgan fingerprint density at radius 3 is 2.82 bits per heavy atom. The lowest BCUT2D eigenvalue weighted by Gasteiger charge is -2.09. The van der Waals surface area contributed by atoms with Gasteiger partial charge in [-0.25, -0.2) is 9.37 Å². The second-order valence-corrected chi connectivity index (χ2v) is 5.86. The predicted molar refractivity (Wildman–Crippen MR) is 71.6 cm³/mol. The summed E-state index contributed by atoms with van der Waals surface area (Å²) in [5.41, 5.74) is 7.79. The van der Waals surface area contributed by atoms with Crippen LogP contribution < -0.4 is 5.73 Å². The summed E-state index contributed by atoms with van der Waals surface area (Å²) in [6.07, 6.45) is 0.583. The van der Waals surface area contributed by atoms with Crippen LogP contribution in [0.5, 0.6) is 0 Å². The van der Waals surface area contributed by atoms with Gasteiger partial charge in [-0.3, -0.25) is 0 Å². The van der Waals surface area contributed by atoms with E-state index in [9.17, 15) is 4.39 Å². The van der Waals surface area contributed by atoms with E-state index in [-0.39, 0.29) is 11.9 Å². The monoisotopic (exact) mass is 314 g/mol. The Kier molecular flexibility index (Phi) is 3.91. The van der Waals surface area contributed by atoms with Crippen LogP contribution >= 0.6 is 27.3 Å². The summed E-state index contributed by atoms with van der Waals surface area (Å²) in [5.74, 6) is -0.254. The first-order valence-electron chi connectivity index (χ1n) is 5.17. The molecule has 17 heavy (non-hydrogen) atoms. The molecule has 0 fully saturated rings. The second-order valence-electron chi connectivity index (χ2n) is 3.88. The van der Waals surface area contributed by atoms with Crippen LogP contribution in [-0.4, -0.2) is 4.98 Å². The van der Waals surface area contributed by atoms with Crippen molar-refractivity contribution < 1.29 is 4.39 Å². The summed E-state index contributed by atoms with van der Waals surface area (Å²) in [5, 5.41) is 2.95. The molecule has 0 bridgehead atoms. The average Bonchev–Trinajstić information content (AvgIpc) is 2.63. The van der Waals surface area contributed by atoms with E-state index in [1.54, 1.807) is 11.3 Å². The van der Waals surface area contributed by atoms with Crippen molar-refractivity contribution in [3.05, 3.63) is 50.1 Å². The highest BCUT2D eigenvalue weighted by atomic mass is 79.9. The van der Waals surface area contributed by atoms with Gasteiger partial charge >= 0.3 is 0 Å². The molecular formula is C12H12BrFN2S. The first-order valence-corrected chi connectivity index (χ1v) is 6.84. The van der Waals surface area contributed by atoms with Crippen LogP contribution in [0.4, 0.5) is 4.39 Å². The molecule has 2 N–H and O–H groups in total. The lowest BCUT2D eigenvalue weighted by atomic mass is 10.0. The summed E-state index contributed by atoms with van der Waals surface area (Å²) < 4.78 is 13.9. The van der Waals surface area contributed by atoms with Gasteiger partial charge in [-0.15, -0.1) is 11.3 Å². The molecule has 2 nitrogen and oxygen atoms in total. The fourth-order valence-corrected chi connectivity index (χ4v) is 2.83. The van der Waals surface area contributed by atoms with E-state index in [0.717, 1.165) is 20.7 Å². The van der Waals surface area contributed by atoms with Crippen molar-refractivity contribution in [2.45, 2.75) is 19.4 Å². The summed E-state index contributed by atoms with van der Waals surface area (Å²) in [6.45, 7) is 1.94. The average molecular weight is 315 g/mol. The second kappa shape index (κ2) is 5.25. The van der Waals surface area contributed by atoms with Gasteiger partial charge in [-0.2, -0.15) is 0 Å². The largest absolute Gasteiger partial charge is 0.322 e. The molecule has 1 atom stereocenters. The van der Waals surface area contributed by atoms with Crippen molar-refractivity contribution in [3.8, 4) is 0 Å². The first-order chi connectivity index (χ1) is 8.04. The molecule has 2 rings (SSSR count). The summed E-state index contributed by atoms with van der Waals surface area (Å²) in [7, 11) is 0. The molecule has 0 aliphatic rings. The maximum atomic E-state index is 13.2. The molecule has 0 saturated carbocycles. The Hall–Kier alpha value is -0.780. The third-order valence-corrected chi connectivity index (χ3v) is 3.64. The predicted octanol–water partition coefficient (Wildman–Crippen LogP) is 3.60. The van der Waals surface area contributed by atoms with Crippen LogP contribution in [0.1, 0.15) is 22.3 Å². The lowest BCUT2D eigenvalue weighted by molar-refractivity contribution is 0.620. The zero-order chi connectivity index (χ0) is 12.4. The minimum absolute atomic E-state index is 0.186. The van der Waals surface area contributed by atoms with Gasteiger partial charge in [0.05, 0.1) is 16.7 Å². The number of rotatable bonds is 3. The zero-order valence-electron chi connectivity index (χ0n) is 9.28. The standard InChI is InChI=1S/C12H12BrFN2S/c1-7-16-12(6-17-7)11(15)4-8-2-9(13)5-10(14)3-8/h2-3,5-6,11H,4,15H2,1H3. The summed E-state index contributed by atoms with van der Waals surface area (Å²) >= 11 is 4.84. The quantitative estimate of drug-likeness (QED) is 0.940. The smallest absolute Gasteiger partial charge is 0.124 e. The summed E-state index contributed by atoms with van der Waals surface area (Å²) in [4.78, 5) is 4.34. The Bertz CT molecular complexity index is 507. The van der Waals surface area contributed by atoms with Crippen molar-refractivity contribution in [2.24, 2.45) is 5.73 Å². The van der Waals surface area contributed by atoms with Crippen LogP contribution in [0, 0.1) is 12.7 Å². The van der Waals surface area contributed by atoms with Crippen molar-refractivity contribution in [2.75, 3.05) is 0 Å². The fourth-order valence-electron chi connectivity index (χ4n) is 1.64. The highest BCUT2D eigenvalue weighted by molar-refractivity contribution is 9.10. The van der Waals surface area contributed by atoms with E-state index < -0.39 is 0 Å². The molecule has 5 heteroatoms. The van der Waals surface area contributed by atoms with E-state index in [1.807, 2.05) is 18.4 Å². The molecule has 90 valence electrons. The van der Waals surface area contributed by atoms with Gasteiger partial charge in [-0.05, 0) is 37.1 Å². The number of hydrogen-bond acceptors (Lipinski definition) is 3. The van der Waals surface area contributed by atoms with Gasteiger partial charge in [0.1, 0.15) is 5.82 Å². The minimum atomic E-state index is -0.254. The molecule has 0 radical (unpaired) electrons. The number of thiazole rings is 1. The zero-order valence-corrected chi connectivity index (χ0v) is 11.7. The van der Waals surface area contributed by atoms with Gasteiger partial charge in [0.2, 0.25) is 0 Å². The lowest BCUT2D eigenvalue weighted by Crippen LogP contribution is -2.13. The number of aromatic nitrogens is 1. The maximum Gasteiger partial charge on any atom is 0.124 e. The van der Waals surface area contributed by atoms with Gasteiger partial charge in [-0.1, -0.05) is 15.9 Å². The van der Waals surface area contributed by atoms with Crippen molar-refractivity contribution >= 4 is 27.3 Å². The van der Waals surface area contributed by atoms with Gasteiger partial charge in [0.15, 0.2) is 0 Å². The number of hydrogen-bond donors (Lipinski definition) is 1. The molecule has 1 aromatic heterocycles. The molecule has 1 heterocycles. The number of aryl methyl sites for hydroxylation is 1. The van der Waals surface area contributed by atoms with Crippen LogP contribution in [0.2, 0.25) is 0 Å². The van der Waals surface area contributed by atoms with Crippen LogP contribution in [-0.2, 0) is 6.42 Å². The van der Waals surface area contributed by atoms with Crippen molar-refractivity contribution in [1.29, 1.82) is 0 Å². The molecule has 2 aromatic rings. The van der Waals surface area contributed by atoms with Gasteiger partial charge in [0, 0.05) is 9.85 Å². The molecule has 0 aliphatic heterocycles. The number of halogens is 2. The topological polar surface area (TPSA) is 38.9 Å². The van der Waals surface area contributed by atoms with Crippen molar-refractivity contribution in [3.63, 3.8) is 0 Å². The number of nitrogens with two attached hydrogens (primary N) is 1. The first kappa shape index (κ1) is 12.7. The summed E-state index contributed by atoms with van der Waals surface area (Å²) in [6, 6.07) is 4.63. The maximum absolute atomic E-state index is 13.2. The van der Waals surface area contributed by atoms with Gasteiger partial charge < -0.3 is 5.73 Å². The van der Waals surface area contributed by atoms with Crippen LogP contribution in [0.15, 0.2) is 28.1 Å². The Morgan fingerprint density at radius 2 is 2.24 bits per heavy atom. The van der Waals surface area contributed by atoms with Crippen LogP contribution in [0.25, 0.3) is 0 Å². The van der Waals surface area contributed by atoms with Crippen molar-refractivity contribution in [1.82, 2.24) is 4.98 Å². The third kappa shape index (κ3) is 3.34. The molecule has 0 aliphatic carbocycles. The van der Waals surface area contributed by atoms with E-state index in [4.69, 9.17) is 5.73 Å². The molecule has 0 spiro atoms. The minimum Gasteiger partial charge on any atom is -0.322 e. The molecular weight excluding hydrogens is 303 g/mol. The highest BCUT2D eigenvalue weighted by Crippen LogP contribution is 2.21. The number of nitrogens with zero attached hydrogens (tertiary/aromatic N) is 1. The Balaban J connectivity index is 2.15. The van der Waals surface area contributed by atoms with Crippen LogP contribution in [0.3, 0.4) is 0 Å². The van der Waals surface area contributed by atoms with Gasteiger partial charge in [0.25, 0.3) is 0 Å². The fraction of sp³-hybridized carbons (Fsp3) is 0.250. The molecule has 0 amide bonds. The van der Waals surface area contributed by atoms with E-state index >= 15 is 0 Å². The highest BCUT2D eigenvalue weighted by Gasteiger charge is 2.11. The van der Waals surface area contributed by atoms with E-state index in [0.29, 0.717) is 6.42 Å². The Labute approximate surface area is 112 Å². The molecule has 0 saturated heterocycles. The van der Waals surface area contributed by atoms with E-state index in [1.165, 1.54) is 12.1 Å². The molecule has 1 unspecified atom stereocenters. The molecule has 1 aromatic carbocycles. The SMILES string of the molecule is Cc1nc(C(N)Cc2cc(F)cc(Br)c2)cs1. The third-order valence-electron chi connectivity index (χ3n) is 2.39.